The van der Waals surface area contributed by atoms with E-state index in [0.717, 1.165) is 7.05 Å². The van der Waals surface area contributed by atoms with Crippen LogP contribution in [0, 0.1) is 0 Å². The van der Waals surface area contributed by atoms with Crippen LogP contribution in [0.2, 0.25) is 0 Å². The lowest BCUT2D eigenvalue weighted by Gasteiger charge is -2.40. The summed E-state index contributed by atoms with van der Waals surface area (Å²) in [6.07, 6.45) is -6.11. The zero-order chi connectivity index (χ0) is 16.5. The lowest BCUT2D eigenvalue weighted by Crippen LogP contribution is -2.66. The van der Waals surface area contributed by atoms with Gasteiger partial charge in [-0.25, -0.2) is 4.39 Å². The lowest BCUT2D eigenvalue weighted by atomic mass is 9.82. The number of hydrogen-bond donors (Lipinski definition) is 1. The van der Waals surface area contributed by atoms with Crippen LogP contribution in [0.4, 0.5) is 23.2 Å². The summed E-state index contributed by atoms with van der Waals surface area (Å²) in [5, 5.41) is 9.80. The van der Waals surface area contributed by atoms with Crippen LogP contribution >= 0.6 is 0 Å². The van der Waals surface area contributed by atoms with Gasteiger partial charge < -0.3 is 10.0 Å². The minimum Gasteiger partial charge on any atom is -0.386 e. The Kier molecular flexibility index (Phi) is 4.67. The maximum atomic E-state index is 14.6. The molecule has 0 aliphatic rings. The van der Waals surface area contributed by atoms with E-state index in [1.54, 1.807) is 6.07 Å². The van der Waals surface area contributed by atoms with Crippen LogP contribution in [-0.4, -0.2) is 35.5 Å². The molecule has 0 radical (unpaired) electrons. The second-order valence-electron chi connectivity index (χ2n) is 4.98. The van der Waals surface area contributed by atoms with Crippen molar-refractivity contribution in [2.75, 3.05) is 11.9 Å². The fourth-order valence-corrected chi connectivity index (χ4v) is 1.90. The molecule has 1 N–H and O–H groups in total. The van der Waals surface area contributed by atoms with Crippen LogP contribution in [-0.2, 0) is 4.79 Å². The summed E-state index contributed by atoms with van der Waals surface area (Å²) in [5.41, 5.74) is -7.16. The van der Waals surface area contributed by atoms with E-state index in [2.05, 4.69) is 0 Å². The van der Waals surface area contributed by atoms with Crippen LogP contribution in [0.1, 0.15) is 20.3 Å². The Morgan fingerprint density at radius 1 is 1.19 bits per heavy atom. The van der Waals surface area contributed by atoms with Gasteiger partial charge in [0.05, 0.1) is 0 Å². The highest BCUT2D eigenvalue weighted by Crippen LogP contribution is 2.45. The van der Waals surface area contributed by atoms with Gasteiger partial charge in [0.25, 0.3) is 5.91 Å². The number of aliphatic hydroxyl groups is 1. The minimum atomic E-state index is -5.54. The summed E-state index contributed by atoms with van der Waals surface area (Å²) in [5.74, 6) is -1.85. The third-order valence-corrected chi connectivity index (χ3v) is 3.56. The summed E-state index contributed by atoms with van der Waals surface area (Å²) in [6.45, 7) is 1.84. The van der Waals surface area contributed by atoms with E-state index in [1.807, 2.05) is 0 Å². The fourth-order valence-electron chi connectivity index (χ4n) is 1.90. The Hall–Kier alpha value is -1.63. The Morgan fingerprint density at radius 3 is 2.05 bits per heavy atom. The number of amides is 1. The number of alkyl halides is 4. The average Bonchev–Trinajstić information content (AvgIpc) is 2.44. The first-order chi connectivity index (χ1) is 9.49. The molecule has 21 heavy (non-hydrogen) atoms. The topological polar surface area (TPSA) is 40.5 Å². The zero-order valence-corrected chi connectivity index (χ0v) is 11.9. The first-order valence-electron chi connectivity index (χ1n) is 6.30. The van der Waals surface area contributed by atoms with Crippen molar-refractivity contribution in [2.45, 2.75) is 37.7 Å². The van der Waals surface area contributed by atoms with Crippen molar-refractivity contribution in [1.82, 2.24) is 0 Å². The highest BCUT2D eigenvalue weighted by Gasteiger charge is 2.71. The molecule has 0 spiro atoms. The highest BCUT2D eigenvalue weighted by atomic mass is 19.4. The third kappa shape index (κ3) is 2.88. The van der Waals surface area contributed by atoms with E-state index in [1.165, 1.54) is 31.2 Å². The molecule has 0 bridgehead atoms. The van der Waals surface area contributed by atoms with Gasteiger partial charge in [0, 0.05) is 12.7 Å². The molecule has 0 fully saturated rings. The first-order valence-corrected chi connectivity index (χ1v) is 6.30. The molecule has 1 aromatic rings. The number of benzene rings is 1. The first kappa shape index (κ1) is 17.4. The van der Waals surface area contributed by atoms with E-state index in [4.69, 9.17) is 0 Å². The van der Waals surface area contributed by atoms with Crippen LogP contribution < -0.4 is 4.90 Å². The van der Waals surface area contributed by atoms with Gasteiger partial charge in [0.2, 0.25) is 0 Å². The van der Waals surface area contributed by atoms with Gasteiger partial charge in [-0.15, -0.1) is 0 Å². The molecule has 0 saturated carbocycles. The Balaban J connectivity index is 3.32. The minimum absolute atomic E-state index is 0.0979. The van der Waals surface area contributed by atoms with Gasteiger partial charge in [0.1, 0.15) is 5.60 Å². The summed E-state index contributed by atoms with van der Waals surface area (Å²) in [4.78, 5) is 12.6. The standard InChI is InChI=1S/C14H17F4NO2/c1-4-12(2,21)13(15,14(16,17)18)11(20)19(3)10-8-6-5-7-9-10/h5-9,21H,4H2,1-3H3. The van der Waals surface area contributed by atoms with Crippen LogP contribution in [0.3, 0.4) is 0 Å². The largest absolute Gasteiger partial charge is 0.434 e. The lowest BCUT2D eigenvalue weighted by molar-refractivity contribution is -0.272. The predicted octanol–water partition coefficient (Wildman–Crippen LogP) is 3.08. The van der Waals surface area contributed by atoms with E-state index in [9.17, 15) is 27.5 Å². The van der Waals surface area contributed by atoms with Crippen LogP contribution in [0.15, 0.2) is 30.3 Å². The van der Waals surface area contributed by atoms with Crippen molar-refractivity contribution in [1.29, 1.82) is 0 Å². The summed E-state index contributed by atoms with van der Waals surface area (Å²) in [7, 11) is 1.03. The second-order valence-corrected chi connectivity index (χ2v) is 4.98. The molecule has 2 atom stereocenters. The van der Waals surface area contributed by atoms with Crippen molar-refractivity contribution >= 4 is 11.6 Å². The molecule has 118 valence electrons. The predicted molar refractivity (Wildman–Crippen MR) is 70.7 cm³/mol. The van der Waals surface area contributed by atoms with Crippen LogP contribution in [0.5, 0.6) is 0 Å². The normalized spacial score (nSPS) is 17.7. The SMILES string of the molecule is CCC(C)(O)C(F)(C(=O)N(C)c1ccccc1)C(F)(F)F. The molecule has 1 rings (SSSR count). The zero-order valence-electron chi connectivity index (χ0n) is 11.9. The number of nitrogens with zero attached hydrogens (tertiary/aromatic N) is 1. The molecule has 0 heterocycles. The molecule has 1 aromatic carbocycles. The van der Waals surface area contributed by atoms with Gasteiger partial charge in [-0.2, -0.15) is 13.2 Å². The number of anilines is 1. The van der Waals surface area contributed by atoms with E-state index < -0.39 is 29.8 Å². The quantitative estimate of drug-likeness (QED) is 0.869. The van der Waals surface area contributed by atoms with Crippen molar-refractivity contribution in [3.63, 3.8) is 0 Å². The highest BCUT2D eigenvalue weighted by molar-refractivity contribution is 6.00. The number of halogens is 4. The smallest absolute Gasteiger partial charge is 0.386 e. The molecule has 3 nitrogen and oxygen atoms in total. The van der Waals surface area contributed by atoms with Gasteiger partial charge in [-0.3, -0.25) is 4.79 Å². The fraction of sp³-hybridized carbons (Fsp3) is 0.500. The molecule has 0 saturated heterocycles. The number of hydrogen-bond acceptors (Lipinski definition) is 2. The molecule has 0 aliphatic heterocycles. The Morgan fingerprint density at radius 2 is 1.67 bits per heavy atom. The molecule has 2 unspecified atom stereocenters. The Labute approximate surface area is 120 Å². The summed E-state index contributed by atoms with van der Waals surface area (Å²) < 4.78 is 54.0. The van der Waals surface area contributed by atoms with Crippen molar-refractivity contribution in [3.8, 4) is 0 Å². The molecule has 0 aliphatic carbocycles. The van der Waals surface area contributed by atoms with E-state index >= 15 is 0 Å². The molecule has 1 amide bonds. The molecular weight excluding hydrogens is 290 g/mol. The molecular formula is C14H17F4NO2. The van der Waals surface area contributed by atoms with Gasteiger partial charge >= 0.3 is 11.8 Å². The summed E-state index contributed by atoms with van der Waals surface area (Å²) >= 11 is 0. The number of para-hydroxylation sites is 1. The maximum Gasteiger partial charge on any atom is 0.434 e. The average molecular weight is 307 g/mol. The summed E-state index contributed by atoms with van der Waals surface area (Å²) in [6, 6.07) is 7.36. The van der Waals surface area contributed by atoms with Gasteiger partial charge in [0.15, 0.2) is 0 Å². The van der Waals surface area contributed by atoms with E-state index in [-0.39, 0.29) is 5.69 Å². The van der Waals surface area contributed by atoms with Gasteiger partial charge in [-0.1, -0.05) is 25.1 Å². The molecule has 7 heteroatoms. The van der Waals surface area contributed by atoms with Crippen LogP contribution in [0.25, 0.3) is 0 Å². The monoisotopic (exact) mass is 307 g/mol. The van der Waals surface area contributed by atoms with Crippen molar-refractivity contribution < 1.29 is 27.5 Å². The van der Waals surface area contributed by atoms with E-state index in [0.29, 0.717) is 11.8 Å². The maximum absolute atomic E-state index is 14.6. The molecule has 0 aromatic heterocycles. The van der Waals surface area contributed by atoms with Crippen molar-refractivity contribution in [3.05, 3.63) is 30.3 Å². The number of rotatable bonds is 4. The second kappa shape index (κ2) is 5.63. The van der Waals surface area contributed by atoms with Gasteiger partial charge in [-0.05, 0) is 25.5 Å². The van der Waals surface area contributed by atoms with Crippen molar-refractivity contribution in [2.24, 2.45) is 0 Å². The third-order valence-electron chi connectivity index (χ3n) is 3.56. The Bertz CT molecular complexity index is 501. The number of carbonyl (C=O) groups is 1. The number of carbonyl (C=O) groups excluding carboxylic acids is 1.